The smallest absolute Gasteiger partial charge is 0.294 e. The van der Waals surface area contributed by atoms with Crippen molar-refractivity contribution >= 4 is 29.1 Å². The third kappa shape index (κ3) is 4.51. The predicted molar refractivity (Wildman–Crippen MR) is 101 cm³/mol. The van der Waals surface area contributed by atoms with E-state index in [1.165, 1.54) is 29.2 Å². The number of hydrogen-bond donors (Lipinski definition) is 2. The fourth-order valence-electron chi connectivity index (χ4n) is 2.46. The zero-order valence-electron chi connectivity index (χ0n) is 14.3. The van der Waals surface area contributed by atoms with Crippen molar-refractivity contribution in [1.29, 1.82) is 0 Å². The van der Waals surface area contributed by atoms with Crippen molar-refractivity contribution in [3.63, 3.8) is 0 Å². The van der Waals surface area contributed by atoms with E-state index in [1.54, 1.807) is 30.5 Å². The van der Waals surface area contributed by atoms with Gasteiger partial charge in [0.25, 0.3) is 11.6 Å². The van der Waals surface area contributed by atoms with E-state index in [4.69, 9.17) is 11.6 Å². The standard InChI is InChI=1S/C18H14ClN5O4/c19-14-4-1-12(2-5-14)9-17(25)21-22-18(26)13-3-6-15(16(10-13)24(27)28)23-8-7-20-11-23/h1-8,10-11H,9H2,(H,21,25)(H,22,26). The third-order valence-corrected chi connectivity index (χ3v) is 4.06. The van der Waals surface area contributed by atoms with Crippen LogP contribution in [0.5, 0.6) is 0 Å². The van der Waals surface area contributed by atoms with E-state index in [9.17, 15) is 19.7 Å². The minimum absolute atomic E-state index is 0.0300. The highest BCUT2D eigenvalue weighted by Gasteiger charge is 2.19. The number of benzene rings is 2. The molecule has 0 aliphatic rings. The molecule has 0 bridgehead atoms. The summed E-state index contributed by atoms with van der Waals surface area (Å²) in [6.45, 7) is 0. The molecule has 0 aliphatic carbocycles. The highest BCUT2D eigenvalue weighted by molar-refractivity contribution is 6.30. The van der Waals surface area contributed by atoms with Gasteiger partial charge in [-0.25, -0.2) is 4.98 Å². The lowest BCUT2D eigenvalue weighted by molar-refractivity contribution is -0.384. The number of carbonyl (C=O) groups excluding carboxylic acids is 2. The second-order valence-corrected chi connectivity index (χ2v) is 6.17. The fourth-order valence-corrected chi connectivity index (χ4v) is 2.59. The van der Waals surface area contributed by atoms with Crippen molar-refractivity contribution in [1.82, 2.24) is 20.4 Å². The van der Waals surface area contributed by atoms with Crippen LogP contribution in [0, 0.1) is 10.1 Å². The summed E-state index contributed by atoms with van der Waals surface area (Å²) in [4.78, 5) is 38.8. The predicted octanol–water partition coefficient (Wildman–Crippen LogP) is 2.44. The molecule has 10 heteroatoms. The molecule has 0 saturated carbocycles. The van der Waals surface area contributed by atoms with E-state index >= 15 is 0 Å². The maximum absolute atomic E-state index is 12.2. The highest BCUT2D eigenvalue weighted by Crippen LogP contribution is 2.24. The Balaban J connectivity index is 1.67. The quantitative estimate of drug-likeness (QED) is 0.504. The lowest BCUT2D eigenvalue weighted by Crippen LogP contribution is -2.42. The third-order valence-electron chi connectivity index (χ3n) is 3.81. The number of hydrazine groups is 1. The number of aromatic nitrogens is 2. The molecule has 142 valence electrons. The van der Waals surface area contributed by atoms with Crippen LogP contribution in [0.1, 0.15) is 15.9 Å². The Morgan fingerprint density at radius 3 is 2.54 bits per heavy atom. The molecule has 3 aromatic rings. The summed E-state index contributed by atoms with van der Waals surface area (Å²) in [5.41, 5.74) is 5.28. The first-order valence-electron chi connectivity index (χ1n) is 8.04. The minimum atomic E-state index is -0.676. The monoisotopic (exact) mass is 399 g/mol. The molecule has 0 aliphatic heterocycles. The Labute approximate surface area is 164 Å². The summed E-state index contributed by atoms with van der Waals surface area (Å²) in [7, 11) is 0. The molecule has 0 atom stereocenters. The molecule has 0 spiro atoms. The summed E-state index contributed by atoms with van der Waals surface area (Å²) in [5.74, 6) is -1.12. The van der Waals surface area contributed by atoms with E-state index in [2.05, 4.69) is 15.8 Å². The fraction of sp³-hybridized carbons (Fsp3) is 0.0556. The summed E-state index contributed by atoms with van der Waals surface area (Å²) < 4.78 is 1.47. The first-order valence-corrected chi connectivity index (χ1v) is 8.42. The lowest BCUT2D eigenvalue weighted by Gasteiger charge is -2.09. The number of rotatable bonds is 5. The molecular weight excluding hydrogens is 386 g/mol. The maximum Gasteiger partial charge on any atom is 0.294 e. The van der Waals surface area contributed by atoms with E-state index in [0.717, 1.165) is 11.6 Å². The minimum Gasteiger partial charge on any atom is -0.300 e. The molecule has 3 rings (SSSR count). The molecule has 2 N–H and O–H groups in total. The van der Waals surface area contributed by atoms with Gasteiger partial charge in [0.15, 0.2) is 0 Å². The van der Waals surface area contributed by atoms with E-state index < -0.39 is 16.7 Å². The zero-order valence-corrected chi connectivity index (χ0v) is 15.1. The van der Waals surface area contributed by atoms with Crippen LogP contribution in [-0.2, 0) is 11.2 Å². The summed E-state index contributed by atoms with van der Waals surface area (Å²) in [6, 6.07) is 10.7. The molecular formula is C18H14ClN5O4. The van der Waals surface area contributed by atoms with Gasteiger partial charge >= 0.3 is 0 Å². The van der Waals surface area contributed by atoms with Gasteiger partial charge in [0.1, 0.15) is 5.69 Å². The van der Waals surface area contributed by atoms with Crippen molar-refractivity contribution in [2.45, 2.75) is 6.42 Å². The van der Waals surface area contributed by atoms with Crippen LogP contribution < -0.4 is 10.9 Å². The highest BCUT2D eigenvalue weighted by atomic mass is 35.5. The number of amides is 2. The van der Waals surface area contributed by atoms with Gasteiger partial charge in [0.2, 0.25) is 5.91 Å². The molecule has 28 heavy (non-hydrogen) atoms. The van der Waals surface area contributed by atoms with Crippen LogP contribution >= 0.6 is 11.6 Å². The lowest BCUT2D eigenvalue weighted by atomic mass is 10.1. The van der Waals surface area contributed by atoms with Crippen molar-refractivity contribution in [2.24, 2.45) is 0 Å². The van der Waals surface area contributed by atoms with Gasteiger partial charge < -0.3 is 4.57 Å². The number of halogens is 1. The van der Waals surface area contributed by atoms with Gasteiger partial charge in [-0.15, -0.1) is 0 Å². The normalized spacial score (nSPS) is 10.3. The van der Waals surface area contributed by atoms with Crippen LogP contribution in [0.2, 0.25) is 5.02 Å². The number of nitro benzene ring substituents is 1. The van der Waals surface area contributed by atoms with Crippen LogP contribution in [0.3, 0.4) is 0 Å². The summed E-state index contributed by atoms with van der Waals surface area (Å²) in [6.07, 6.45) is 4.50. The molecule has 1 aromatic heterocycles. The maximum atomic E-state index is 12.2. The van der Waals surface area contributed by atoms with Gasteiger partial charge in [-0.3, -0.25) is 30.6 Å². The van der Waals surface area contributed by atoms with Crippen molar-refractivity contribution in [3.8, 4) is 5.69 Å². The number of imidazole rings is 1. The van der Waals surface area contributed by atoms with E-state index in [0.29, 0.717) is 5.02 Å². The first-order chi connectivity index (χ1) is 13.4. The van der Waals surface area contributed by atoms with Gasteiger partial charge in [0.05, 0.1) is 17.7 Å². The zero-order chi connectivity index (χ0) is 20.1. The van der Waals surface area contributed by atoms with Gasteiger partial charge in [-0.1, -0.05) is 23.7 Å². The Morgan fingerprint density at radius 2 is 1.89 bits per heavy atom. The van der Waals surface area contributed by atoms with Crippen LogP contribution in [0.25, 0.3) is 5.69 Å². The van der Waals surface area contributed by atoms with Gasteiger partial charge in [0, 0.05) is 29.0 Å². The molecule has 0 fully saturated rings. The summed E-state index contributed by atoms with van der Waals surface area (Å²) >= 11 is 5.79. The van der Waals surface area contributed by atoms with Crippen LogP contribution in [-0.4, -0.2) is 26.3 Å². The molecule has 0 radical (unpaired) electrons. The second kappa shape index (κ2) is 8.31. The Kier molecular flexibility index (Phi) is 5.66. The average Bonchev–Trinajstić information content (AvgIpc) is 3.22. The first kappa shape index (κ1) is 19.1. The number of nitrogens with zero attached hydrogens (tertiary/aromatic N) is 3. The van der Waals surface area contributed by atoms with Crippen molar-refractivity contribution in [3.05, 3.63) is 87.4 Å². The van der Waals surface area contributed by atoms with Gasteiger partial charge in [-0.05, 0) is 29.8 Å². The Bertz CT molecular complexity index is 1020. The molecule has 0 unspecified atom stereocenters. The van der Waals surface area contributed by atoms with Crippen LogP contribution in [0.15, 0.2) is 61.2 Å². The van der Waals surface area contributed by atoms with E-state index in [-0.39, 0.29) is 23.4 Å². The van der Waals surface area contributed by atoms with E-state index in [1.807, 2.05) is 0 Å². The Morgan fingerprint density at radius 1 is 1.14 bits per heavy atom. The number of hydrogen-bond acceptors (Lipinski definition) is 5. The summed E-state index contributed by atoms with van der Waals surface area (Å²) in [5, 5.41) is 11.9. The number of nitrogens with one attached hydrogen (secondary N) is 2. The Hall–Kier alpha value is -3.72. The van der Waals surface area contributed by atoms with Crippen molar-refractivity contribution < 1.29 is 14.5 Å². The molecule has 1 heterocycles. The topological polar surface area (TPSA) is 119 Å². The molecule has 2 amide bonds. The van der Waals surface area contributed by atoms with Crippen molar-refractivity contribution in [2.75, 3.05) is 0 Å². The molecule has 0 saturated heterocycles. The largest absolute Gasteiger partial charge is 0.300 e. The van der Waals surface area contributed by atoms with Crippen LogP contribution in [0.4, 0.5) is 5.69 Å². The number of carbonyl (C=O) groups is 2. The SMILES string of the molecule is O=C(Cc1ccc(Cl)cc1)NNC(=O)c1ccc(-n2ccnc2)c([N+](=O)[O-])c1. The van der Waals surface area contributed by atoms with Gasteiger partial charge in [-0.2, -0.15) is 0 Å². The second-order valence-electron chi connectivity index (χ2n) is 5.74. The average molecular weight is 400 g/mol. The molecule has 9 nitrogen and oxygen atoms in total. The molecule has 2 aromatic carbocycles. The number of nitro groups is 1.